The zero-order chi connectivity index (χ0) is 30.5. The Morgan fingerprint density at radius 2 is 1.62 bits per heavy atom. The number of aromatic carboxylic acids is 1. The molecule has 3 heterocycles. The van der Waals surface area contributed by atoms with E-state index in [2.05, 4.69) is 20.4 Å². The van der Waals surface area contributed by atoms with E-state index >= 15 is 0 Å². The lowest BCUT2D eigenvalue weighted by Gasteiger charge is -2.27. The number of carboxylic acid groups (broad SMARTS) is 2. The van der Waals surface area contributed by atoms with Gasteiger partial charge in [-0.15, -0.1) is 0 Å². The monoisotopic (exact) mass is 572 g/mol. The van der Waals surface area contributed by atoms with Gasteiger partial charge in [0, 0.05) is 24.4 Å². The number of carbonyl (C=O) groups is 3. The maximum atomic E-state index is 12.2. The number of aliphatic imine (C=N–C) groups is 1. The van der Waals surface area contributed by atoms with Gasteiger partial charge in [0.25, 0.3) is 5.91 Å². The van der Waals surface area contributed by atoms with Crippen molar-refractivity contribution in [2.75, 3.05) is 7.11 Å². The van der Waals surface area contributed by atoms with Crippen LogP contribution in [0.2, 0.25) is 0 Å². The Kier molecular flexibility index (Phi) is 8.82. The van der Waals surface area contributed by atoms with Gasteiger partial charge in [0.05, 0.1) is 18.6 Å². The number of rotatable bonds is 8. The Bertz CT molecular complexity index is 1500. The fraction of sp³-hybridized carbons (Fsp3) is 0.290. The van der Waals surface area contributed by atoms with Crippen LogP contribution in [0.15, 0.2) is 83.1 Å². The van der Waals surface area contributed by atoms with Crippen molar-refractivity contribution in [2.24, 2.45) is 16.1 Å². The SMILES string of the molecule is COCc1cnc(C2=NC(C)(C(C)C)C(=O)N2)c(C(=O)O)c1.O=C(O)C1=NOC(c2ccccc2)(c2ccccc2)C1. The number of amidine groups is 1. The highest BCUT2D eigenvalue weighted by Crippen LogP contribution is 2.41. The van der Waals surface area contributed by atoms with E-state index in [4.69, 9.17) is 14.7 Å². The first kappa shape index (κ1) is 30.1. The summed E-state index contributed by atoms with van der Waals surface area (Å²) >= 11 is 0. The summed E-state index contributed by atoms with van der Waals surface area (Å²) in [5.74, 6) is -2.25. The second-order valence-electron chi connectivity index (χ2n) is 10.4. The van der Waals surface area contributed by atoms with Crippen LogP contribution in [0, 0.1) is 5.92 Å². The van der Waals surface area contributed by atoms with Crippen LogP contribution in [0.3, 0.4) is 0 Å². The highest BCUT2D eigenvalue weighted by atomic mass is 16.7. The van der Waals surface area contributed by atoms with Gasteiger partial charge in [0.1, 0.15) is 11.2 Å². The minimum Gasteiger partial charge on any atom is -0.478 e. The number of pyridine rings is 1. The number of ether oxygens (including phenoxy) is 1. The van der Waals surface area contributed by atoms with Crippen LogP contribution in [0.25, 0.3) is 0 Å². The van der Waals surface area contributed by atoms with Gasteiger partial charge in [-0.1, -0.05) is 79.7 Å². The zero-order valence-electron chi connectivity index (χ0n) is 23.7. The summed E-state index contributed by atoms with van der Waals surface area (Å²) in [6, 6.07) is 20.6. The van der Waals surface area contributed by atoms with E-state index < -0.39 is 23.1 Å². The Hall–Kier alpha value is -4.90. The molecule has 0 saturated carbocycles. The molecule has 0 fully saturated rings. The summed E-state index contributed by atoms with van der Waals surface area (Å²) in [6.45, 7) is 5.76. The van der Waals surface area contributed by atoms with Gasteiger partial charge in [-0.2, -0.15) is 0 Å². The topological polar surface area (TPSA) is 160 Å². The number of carbonyl (C=O) groups excluding carboxylic acids is 1. The normalized spacial score (nSPS) is 18.7. The van der Waals surface area contributed by atoms with E-state index in [9.17, 15) is 19.5 Å². The van der Waals surface area contributed by atoms with Crippen LogP contribution in [0.5, 0.6) is 0 Å². The van der Waals surface area contributed by atoms with Crippen molar-refractivity contribution < 1.29 is 34.2 Å². The molecular formula is C31H32N4O7. The Balaban J connectivity index is 0.000000193. The number of aliphatic carboxylic acids is 1. The van der Waals surface area contributed by atoms with Gasteiger partial charge in [-0.05, 0) is 24.5 Å². The average molecular weight is 573 g/mol. The van der Waals surface area contributed by atoms with Gasteiger partial charge < -0.3 is 25.1 Å². The first-order chi connectivity index (χ1) is 20.0. The molecule has 5 rings (SSSR count). The van der Waals surface area contributed by atoms with Crippen LogP contribution in [0.4, 0.5) is 0 Å². The second kappa shape index (κ2) is 12.3. The molecule has 1 aromatic heterocycles. The van der Waals surface area contributed by atoms with Crippen molar-refractivity contribution in [3.05, 3.63) is 101 Å². The molecule has 42 heavy (non-hydrogen) atoms. The number of methoxy groups -OCH3 is 1. The molecule has 0 saturated heterocycles. The molecular weight excluding hydrogens is 540 g/mol. The number of hydrogen-bond acceptors (Lipinski definition) is 8. The predicted octanol–water partition coefficient (Wildman–Crippen LogP) is 4.01. The molecule has 2 aliphatic rings. The molecule has 0 aliphatic carbocycles. The van der Waals surface area contributed by atoms with Gasteiger partial charge in [-0.3, -0.25) is 9.78 Å². The van der Waals surface area contributed by atoms with Gasteiger partial charge in [-0.25, -0.2) is 14.6 Å². The lowest BCUT2D eigenvalue weighted by molar-refractivity contribution is -0.129. The van der Waals surface area contributed by atoms with E-state index in [1.54, 1.807) is 6.92 Å². The number of aromatic nitrogens is 1. The highest BCUT2D eigenvalue weighted by Gasteiger charge is 2.45. The second-order valence-corrected chi connectivity index (χ2v) is 10.4. The van der Waals surface area contributed by atoms with Gasteiger partial charge in [0.2, 0.25) is 0 Å². The molecule has 0 radical (unpaired) electrons. The molecule has 2 aliphatic heterocycles. The van der Waals surface area contributed by atoms with E-state index in [1.807, 2.05) is 74.5 Å². The summed E-state index contributed by atoms with van der Waals surface area (Å²) in [6.07, 6.45) is 1.74. The summed E-state index contributed by atoms with van der Waals surface area (Å²) in [5.41, 5.74) is 0.843. The summed E-state index contributed by atoms with van der Waals surface area (Å²) in [4.78, 5) is 48.9. The first-order valence-electron chi connectivity index (χ1n) is 13.2. The lowest BCUT2D eigenvalue weighted by atomic mass is 9.82. The molecule has 11 heteroatoms. The largest absolute Gasteiger partial charge is 0.478 e. The zero-order valence-corrected chi connectivity index (χ0v) is 23.7. The molecule has 0 bridgehead atoms. The standard InChI is InChI=1S/C16H13NO3.C15H19N3O4/c18-15(19)14-11-16(20-17-14,12-7-3-1-4-8-12)13-9-5-2-6-10-13;1-8(2)15(3)14(21)17-12(18-15)11-10(13(19)20)5-9(6-16-11)7-22-4/h1-10H,11H2,(H,18,19);5-6,8H,7H2,1-4H3,(H,19,20)(H,17,18,21). The minimum atomic E-state index is -1.13. The number of amides is 1. The van der Waals surface area contributed by atoms with Crippen LogP contribution >= 0.6 is 0 Å². The van der Waals surface area contributed by atoms with Gasteiger partial charge in [0.15, 0.2) is 17.1 Å². The molecule has 1 unspecified atom stereocenters. The van der Waals surface area contributed by atoms with Crippen LogP contribution in [-0.4, -0.2) is 57.2 Å². The summed E-state index contributed by atoms with van der Waals surface area (Å²) < 4.78 is 4.98. The molecule has 3 N–H and O–H groups in total. The highest BCUT2D eigenvalue weighted by molar-refractivity contribution is 6.36. The minimum absolute atomic E-state index is 0.0124. The third-order valence-corrected chi connectivity index (χ3v) is 7.33. The quantitative estimate of drug-likeness (QED) is 0.365. The predicted molar refractivity (Wildman–Crippen MR) is 154 cm³/mol. The summed E-state index contributed by atoms with van der Waals surface area (Å²) in [7, 11) is 1.52. The smallest absolute Gasteiger partial charge is 0.353 e. The maximum Gasteiger partial charge on any atom is 0.353 e. The lowest BCUT2D eigenvalue weighted by Crippen LogP contribution is -2.41. The fourth-order valence-electron chi connectivity index (χ4n) is 4.59. The molecule has 2 aromatic carbocycles. The van der Waals surface area contributed by atoms with Crippen molar-refractivity contribution in [1.82, 2.24) is 10.3 Å². The number of hydrogen-bond donors (Lipinski definition) is 3. The van der Waals surface area contributed by atoms with Crippen molar-refractivity contribution in [1.29, 1.82) is 0 Å². The fourth-order valence-corrected chi connectivity index (χ4v) is 4.59. The van der Waals surface area contributed by atoms with Crippen molar-refractivity contribution >= 4 is 29.4 Å². The molecule has 218 valence electrons. The number of benzene rings is 2. The summed E-state index contributed by atoms with van der Waals surface area (Å²) in [5, 5.41) is 24.9. The third kappa shape index (κ3) is 5.91. The van der Waals surface area contributed by atoms with Crippen LogP contribution in [0.1, 0.15) is 59.9 Å². The Labute approximate surface area is 242 Å². The molecule has 1 amide bonds. The van der Waals surface area contributed by atoms with E-state index in [-0.39, 0.29) is 47.7 Å². The Morgan fingerprint density at radius 3 is 2.07 bits per heavy atom. The first-order valence-corrected chi connectivity index (χ1v) is 13.2. The molecule has 3 aromatic rings. The van der Waals surface area contributed by atoms with Crippen LogP contribution in [-0.2, 0) is 31.4 Å². The van der Waals surface area contributed by atoms with Crippen LogP contribution < -0.4 is 5.32 Å². The van der Waals surface area contributed by atoms with Crippen molar-refractivity contribution in [3.8, 4) is 0 Å². The third-order valence-electron chi connectivity index (χ3n) is 7.33. The number of oxime groups is 1. The number of nitrogens with zero attached hydrogens (tertiary/aromatic N) is 3. The average Bonchev–Trinajstić information content (AvgIpc) is 3.58. The van der Waals surface area contributed by atoms with E-state index in [0.29, 0.717) is 5.56 Å². The van der Waals surface area contributed by atoms with Crippen molar-refractivity contribution in [3.63, 3.8) is 0 Å². The maximum absolute atomic E-state index is 12.2. The van der Waals surface area contributed by atoms with E-state index in [0.717, 1.165) is 11.1 Å². The molecule has 1 atom stereocenters. The number of carboxylic acids is 2. The number of nitrogens with one attached hydrogen (secondary N) is 1. The Morgan fingerprint density at radius 1 is 1.02 bits per heavy atom. The van der Waals surface area contributed by atoms with E-state index in [1.165, 1.54) is 19.4 Å². The molecule has 11 nitrogen and oxygen atoms in total. The van der Waals surface area contributed by atoms with Crippen molar-refractivity contribution in [2.45, 2.75) is 44.9 Å². The van der Waals surface area contributed by atoms with Gasteiger partial charge >= 0.3 is 11.9 Å². The molecule has 0 spiro atoms.